The summed E-state index contributed by atoms with van der Waals surface area (Å²) >= 11 is 0. The fraction of sp³-hybridized carbons (Fsp3) is 0.423. The Bertz CT molecular complexity index is 1020. The smallest absolute Gasteiger partial charge is 0.326 e. The van der Waals surface area contributed by atoms with Crippen molar-refractivity contribution in [2.45, 2.75) is 52.2 Å². The third-order valence-electron chi connectivity index (χ3n) is 7.48. The van der Waals surface area contributed by atoms with Gasteiger partial charge in [0, 0.05) is 6.42 Å². The number of hydrogen-bond donors (Lipinski definition) is 4. The lowest BCUT2D eigenvalue weighted by Gasteiger charge is -2.39. The molecule has 2 aromatic carbocycles. The molecule has 33 heavy (non-hydrogen) atoms. The molecule has 1 saturated carbocycles. The molecular weight excluding hydrogens is 422 g/mol. The monoisotopic (exact) mass is 453 g/mol. The average Bonchev–Trinajstić information content (AvgIpc) is 3.03. The zero-order valence-electron chi connectivity index (χ0n) is 19.1. The maximum absolute atomic E-state index is 13.2. The molecule has 0 spiro atoms. The lowest BCUT2D eigenvalue weighted by molar-refractivity contribution is -0.151. The minimum atomic E-state index is -1.16. The molecule has 0 aliphatic heterocycles. The second kappa shape index (κ2) is 9.35. The normalized spacial score (nSPS) is 23.5. The first-order valence-electron chi connectivity index (χ1n) is 11.1. The fourth-order valence-corrected chi connectivity index (χ4v) is 4.76. The molecule has 0 heterocycles. The molecule has 2 aromatic rings. The third kappa shape index (κ3) is 4.78. The van der Waals surface area contributed by atoms with Crippen molar-refractivity contribution in [2.24, 2.45) is 16.7 Å². The molecule has 4 N–H and O–H groups in total. The van der Waals surface area contributed by atoms with Gasteiger partial charge in [-0.25, -0.2) is 4.79 Å². The molecule has 0 bridgehead atoms. The van der Waals surface area contributed by atoms with Gasteiger partial charge >= 0.3 is 11.9 Å². The number of carbonyl (C=O) groups is 3. The van der Waals surface area contributed by atoms with E-state index in [1.54, 1.807) is 45.0 Å². The molecule has 0 aromatic heterocycles. The molecule has 1 aliphatic rings. The van der Waals surface area contributed by atoms with Crippen LogP contribution in [0.3, 0.4) is 0 Å². The topological polar surface area (TPSA) is 124 Å². The fourth-order valence-electron chi connectivity index (χ4n) is 4.76. The molecule has 1 amide bonds. The number of amides is 1. The second-order valence-electron chi connectivity index (χ2n) is 9.61. The number of benzene rings is 2. The van der Waals surface area contributed by atoms with E-state index < -0.39 is 46.7 Å². The highest BCUT2D eigenvalue weighted by atomic mass is 16.4. The zero-order valence-corrected chi connectivity index (χ0v) is 19.1. The quantitative estimate of drug-likeness (QED) is 0.486. The van der Waals surface area contributed by atoms with E-state index in [0.717, 1.165) is 5.56 Å². The minimum absolute atomic E-state index is 0.0711. The Hall–Kier alpha value is -3.19. The lowest BCUT2D eigenvalue weighted by atomic mass is 9.65. The summed E-state index contributed by atoms with van der Waals surface area (Å²) in [6.45, 7) is 5.22. The Morgan fingerprint density at radius 3 is 2.06 bits per heavy atom. The molecule has 1 fully saturated rings. The summed E-state index contributed by atoms with van der Waals surface area (Å²) < 4.78 is 0. The number of carboxylic acids is 2. The van der Waals surface area contributed by atoms with Crippen molar-refractivity contribution in [1.82, 2.24) is 5.32 Å². The standard InChI is InChI=1S/C26H31NO6/c1-25(2)19(22(29)30)13-14-26(25,3)24(33)27-20(23(31)32)15-16-9-11-18(12-10-16)21(28)17-7-5-4-6-8-17/h4-12,19-21,28H,13-15H2,1-3H3,(H,27,33)(H,29,30)(H,31,32)/t19-,20?,21-,26+/m1/s1. The first-order chi connectivity index (χ1) is 15.5. The summed E-state index contributed by atoms with van der Waals surface area (Å²) in [5, 5.41) is 32.4. The van der Waals surface area contributed by atoms with E-state index >= 15 is 0 Å². The first kappa shape index (κ1) is 24.5. The Kier molecular flexibility index (Phi) is 6.93. The Morgan fingerprint density at radius 1 is 0.970 bits per heavy atom. The van der Waals surface area contributed by atoms with Crippen LogP contribution >= 0.6 is 0 Å². The van der Waals surface area contributed by atoms with Gasteiger partial charge < -0.3 is 20.6 Å². The molecule has 3 rings (SSSR count). The van der Waals surface area contributed by atoms with Gasteiger partial charge in [0.05, 0.1) is 11.3 Å². The van der Waals surface area contributed by atoms with E-state index in [2.05, 4.69) is 5.32 Å². The summed E-state index contributed by atoms with van der Waals surface area (Å²) in [5.74, 6) is -3.21. The number of hydrogen-bond acceptors (Lipinski definition) is 4. The van der Waals surface area contributed by atoms with Crippen LogP contribution in [0.25, 0.3) is 0 Å². The number of carbonyl (C=O) groups excluding carboxylic acids is 1. The van der Waals surface area contributed by atoms with Crippen molar-refractivity contribution in [3.05, 3.63) is 71.3 Å². The van der Waals surface area contributed by atoms with Crippen molar-refractivity contribution in [3.63, 3.8) is 0 Å². The molecule has 0 saturated heterocycles. The van der Waals surface area contributed by atoms with Gasteiger partial charge in [-0.05, 0) is 34.9 Å². The molecular formula is C26H31NO6. The highest BCUT2D eigenvalue weighted by Crippen LogP contribution is 2.56. The number of aliphatic carboxylic acids is 2. The van der Waals surface area contributed by atoms with Crippen LogP contribution in [0.2, 0.25) is 0 Å². The van der Waals surface area contributed by atoms with E-state index in [1.165, 1.54) is 0 Å². The van der Waals surface area contributed by atoms with E-state index in [0.29, 0.717) is 24.0 Å². The van der Waals surface area contributed by atoms with Crippen LogP contribution in [-0.2, 0) is 20.8 Å². The Labute approximate surface area is 193 Å². The largest absolute Gasteiger partial charge is 0.481 e. The van der Waals surface area contributed by atoms with E-state index in [1.807, 2.05) is 30.3 Å². The molecule has 0 radical (unpaired) electrons. The molecule has 1 unspecified atom stereocenters. The van der Waals surface area contributed by atoms with Gasteiger partial charge in [0.1, 0.15) is 12.1 Å². The number of aliphatic hydroxyl groups excluding tert-OH is 1. The SMILES string of the molecule is CC1(C)[C@@H](C(=O)O)CC[C@@]1(C)C(=O)NC(Cc1ccc([C@H](O)c2ccccc2)cc1)C(=O)O. The van der Waals surface area contributed by atoms with E-state index in [-0.39, 0.29) is 6.42 Å². The molecule has 7 nitrogen and oxygen atoms in total. The van der Waals surface area contributed by atoms with Gasteiger partial charge in [-0.15, -0.1) is 0 Å². The summed E-state index contributed by atoms with van der Waals surface area (Å²) in [5.41, 5.74) is 0.328. The third-order valence-corrected chi connectivity index (χ3v) is 7.48. The summed E-state index contributed by atoms with van der Waals surface area (Å²) in [6, 6.07) is 15.0. The predicted octanol–water partition coefficient (Wildman–Crippen LogP) is 3.41. The van der Waals surface area contributed by atoms with Gasteiger partial charge in [0.25, 0.3) is 0 Å². The maximum Gasteiger partial charge on any atom is 0.326 e. The second-order valence-corrected chi connectivity index (χ2v) is 9.61. The molecule has 1 aliphatic carbocycles. The molecule has 176 valence electrons. The van der Waals surface area contributed by atoms with Gasteiger partial charge in [-0.3, -0.25) is 9.59 Å². The number of aliphatic hydroxyl groups is 1. The minimum Gasteiger partial charge on any atom is -0.481 e. The van der Waals surface area contributed by atoms with Crippen LogP contribution in [0.15, 0.2) is 54.6 Å². The number of carboxylic acid groups (broad SMARTS) is 2. The van der Waals surface area contributed by atoms with Crippen LogP contribution in [0.5, 0.6) is 0 Å². The van der Waals surface area contributed by atoms with Crippen molar-refractivity contribution in [2.75, 3.05) is 0 Å². The highest BCUT2D eigenvalue weighted by Gasteiger charge is 2.58. The number of nitrogens with one attached hydrogen (secondary N) is 1. The van der Waals surface area contributed by atoms with Gasteiger partial charge in [0.2, 0.25) is 5.91 Å². The Morgan fingerprint density at radius 2 is 1.55 bits per heavy atom. The predicted molar refractivity (Wildman–Crippen MR) is 122 cm³/mol. The first-order valence-corrected chi connectivity index (χ1v) is 11.1. The van der Waals surface area contributed by atoms with Gasteiger partial charge in [-0.1, -0.05) is 75.4 Å². The van der Waals surface area contributed by atoms with Crippen molar-refractivity contribution in [3.8, 4) is 0 Å². The van der Waals surface area contributed by atoms with Crippen molar-refractivity contribution in [1.29, 1.82) is 0 Å². The molecule has 4 atom stereocenters. The van der Waals surface area contributed by atoms with Crippen LogP contribution in [0.1, 0.15) is 56.4 Å². The van der Waals surface area contributed by atoms with Crippen LogP contribution in [-0.4, -0.2) is 39.2 Å². The Balaban J connectivity index is 1.72. The van der Waals surface area contributed by atoms with E-state index in [4.69, 9.17) is 0 Å². The summed E-state index contributed by atoms with van der Waals surface area (Å²) in [7, 11) is 0. The summed E-state index contributed by atoms with van der Waals surface area (Å²) in [6.07, 6.45) is 0.0277. The number of rotatable bonds is 8. The highest BCUT2D eigenvalue weighted by molar-refractivity contribution is 5.89. The molecule has 7 heteroatoms. The van der Waals surface area contributed by atoms with Gasteiger partial charge in [0.15, 0.2) is 0 Å². The van der Waals surface area contributed by atoms with Crippen molar-refractivity contribution >= 4 is 17.8 Å². The van der Waals surface area contributed by atoms with E-state index in [9.17, 15) is 29.7 Å². The lowest BCUT2D eigenvalue weighted by Crippen LogP contribution is -2.53. The van der Waals surface area contributed by atoms with Crippen LogP contribution < -0.4 is 5.32 Å². The average molecular weight is 454 g/mol. The van der Waals surface area contributed by atoms with Crippen LogP contribution in [0.4, 0.5) is 0 Å². The maximum atomic E-state index is 13.2. The zero-order chi connectivity index (χ0) is 24.4. The van der Waals surface area contributed by atoms with Gasteiger partial charge in [-0.2, -0.15) is 0 Å². The van der Waals surface area contributed by atoms with Crippen LogP contribution in [0, 0.1) is 16.7 Å². The summed E-state index contributed by atoms with van der Waals surface area (Å²) in [4.78, 5) is 36.7. The van der Waals surface area contributed by atoms with Crippen molar-refractivity contribution < 1.29 is 29.7 Å².